The summed E-state index contributed by atoms with van der Waals surface area (Å²) < 4.78 is 28.9. The minimum atomic E-state index is -4.20. The Morgan fingerprint density at radius 2 is 1.59 bits per heavy atom. The van der Waals surface area contributed by atoms with Gasteiger partial charge in [-0.1, -0.05) is 85.4 Å². The topological polar surface area (TPSA) is 86.8 Å². The third-order valence-corrected chi connectivity index (χ3v) is 9.22. The fourth-order valence-corrected chi connectivity index (χ4v) is 6.47. The smallest absolute Gasteiger partial charge is 0.264 e. The number of unbranched alkanes of at least 4 members (excludes halogenated alkanes) is 1. The van der Waals surface area contributed by atoms with Crippen LogP contribution in [0.2, 0.25) is 15.1 Å². The summed E-state index contributed by atoms with van der Waals surface area (Å²) in [5.74, 6) is -0.900. The van der Waals surface area contributed by atoms with Gasteiger partial charge in [0, 0.05) is 28.2 Å². The Morgan fingerprint density at radius 1 is 0.927 bits per heavy atom. The summed E-state index contributed by atoms with van der Waals surface area (Å²) in [5.41, 5.74) is 1.44. The van der Waals surface area contributed by atoms with Gasteiger partial charge in [0.2, 0.25) is 11.8 Å². The molecule has 1 atom stereocenters. The SMILES string of the molecule is CCCCNC(=O)[C@@H](CC)N(Cc1ccc(Cl)cc1Cl)C(=O)CN(c1cc(Cl)ccc1C)S(=O)(=O)c1ccccc1. The number of nitrogens with zero attached hydrogens (tertiary/aromatic N) is 2. The number of carbonyl (C=O) groups excluding carboxylic acids is 2. The van der Waals surface area contributed by atoms with Crippen molar-refractivity contribution in [2.45, 2.75) is 57.5 Å². The minimum absolute atomic E-state index is 0.0174. The lowest BCUT2D eigenvalue weighted by Gasteiger charge is -2.33. The number of halogens is 3. The van der Waals surface area contributed by atoms with E-state index in [1.807, 2.05) is 6.92 Å². The van der Waals surface area contributed by atoms with E-state index in [0.717, 1.165) is 17.1 Å². The molecular formula is C30H34Cl3N3O4S. The second-order valence-corrected chi connectivity index (χ2v) is 12.7. The number of carbonyl (C=O) groups is 2. The van der Waals surface area contributed by atoms with E-state index >= 15 is 0 Å². The quantitative estimate of drug-likeness (QED) is 0.207. The maximum atomic E-state index is 14.2. The van der Waals surface area contributed by atoms with Crippen LogP contribution >= 0.6 is 34.8 Å². The van der Waals surface area contributed by atoms with Gasteiger partial charge in [0.15, 0.2) is 0 Å². The Labute approximate surface area is 257 Å². The summed E-state index contributed by atoms with van der Waals surface area (Å²) in [4.78, 5) is 28.8. The number of hydrogen-bond acceptors (Lipinski definition) is 4. The first-order valence-corrected chi connectivity index (χ1v) is 15.9. The van der Waals surface area contributed by atoms with Crippen molar-refractivity contribution in [3.8, 4) is 0 Å². The van der Waals surface area contributed by atoms with Crippen LogP contribution in [0.4, 0.5) is 5.69 Å². The molecule has 7 nitrogen and oxygen atoms in total. The summed E-state index contributed by atoms with van der Waals surface area (Å²) in [6, 6.07) is 16.7. The van der Waals surface area contributed by atoms with Crippen LogP contribution in [0.5, 0.6) is 0 Å². The number of benzene rings is 3. The fraction of sp³-hybridized carbons (Fsp3) is 0.333. The van der Waals surface area contributed by atoms with E-state index in [4.69, 9.17) is 34.8 Å². The molecule has 1 N–H and O–H groups in total. The Balaban J connectivity index is 2.09. The van der Waals surface area contributed by atoms with Crippen LogP contribution in [0.1, 0.15) is 44.2 Å². The summed E-state index contributed by atoms with van der Waals surface area (Å²) >= 11 is 18.8. The summed E-state index contributed by atoms with van der Waals surface area (Å²) in [7, 11) is -4.20. The molecule has 0 saturated carbocycles. The first-order valence-electron chi connectivity index (χ1n) is 13.3. The molecule has 11 heteroatoms. The molecule has 0 bridgehead atoms. The minimum Gasteiger partial charge on any atom is -0.354 e. The average Bonchev–Trinajstić information content (AvgIpc) is 2.94. The lowest BCUT2D eigenvalue weighted by molar-refractivity contribution is -0.140. The molecule has 0 aliphatic rings. The van der Waals surface area contributed by atoms with Gasteiger partial charge in [0.1, 0.15) is 12.6 Å². The zero-order valence-electron chi connectivity index (χ0n) is 23.2. The molecule has 3 aromatic carbocycles. The van der Waals surface area contributed by atoms with Gasteiger partial charge in [-0.15, -0.1) is 0 Å². The van der Waals surface area contributed by atoms with Crippen molar-refractivity contribution in [2.24, 2.45) is 0 Å². The van der Waals surface area contributed by atoms with Gasteiger partial charge in [0.25, 0.3) is 10.0 Å². The molecule has 0 spiro atoms. The van der Waals surface area contributed by atoms with Crippen molar-refractivity contribution < 1.29 is 18.0 Å². The predicted molar refractivity (Wildman–Crippen MR) is 166 cm³/mol. The van der Waals surface area contributed by atoms with Crippen molar-refractivity contribution in [3.63, 3.8) is 0 Å². The maximum absolute atomic E-state index is 14.2. The molecule has 3 aromatic rings. The molecule has 0 aromatic heterocycles. The third kappa shape index (κ3) is 8.38. The molecule has 2 amide bonds. The highest BCUT2D eigenvalue weighted by Crippen LogP contribution is 2.30. The molecule has 41 heavy (non-hydrogen) atoms. The highest BCUT2D eigenvalue weighted by atomic mass is 35.5. The monoisotopic (exact) mass is 637 g/mol. The normalized spacial score (nSPS) is 12.0. The molecule has 3 rings (SSSR count). The average molecular weight is 639 g/mol. The highest BCUT2D eigenvalue weighted by molar-refractivity contribution is 7.92. The molecule has 0 aliphatic heterocycles. The van der Waals surface area contributed by atoms with E-state index in [1.54, 1.807) is 62.4 Å². The molecule has 0 fully saturated rings. The van der Waals surface area contributed by atoms with Crippen molar-refractivity contribution >= 4 is 62.3 Å². The second kappa shape index (κ2) is 14.9. The number of sulfonamides is 1. The van der Waals surface area contributed by atoms with E-state index in [2.05, 4.69) is 5.32 Å². The molecular weight excluding hydrogens is 605 g/mol. The van der Waals surface area contributed by atoms with Crippen LogP contribution < -0.4 is 9.62 Å². The van der Waals surface area contributed by atoms with E-state index in [9.17, 15) is 18.0 Å². The van der Waals surface area contributed by atoms with Crippen molar-refractivity contribution in [2.75, 3.05) is 17.4 Å². The Hall–Kier alpha value is -2.78. The van der Waals surface area contributed by atoms with Crippen molar-refractivity contribution in [1.29, 1.82) is 0 Å². The van der Waals surface area contributed by atoms with Gasteiger partial charge >= 0.3 is 0 Å². The lowest BCUT2D eigenvalue weighted by Crippen LogP contribution is -2.52. The van der Waals surface area contributed by atoms with Gasteiger partial charge < -0.3 is 10.2 Å². The highest BCUT2D eigenvalue weighted by Gasteiger charge is 2.34. The largest absolute Gasteiger partial charge is 0.354 e. The Kier molecular flexibility index (Phi) is 11.9. The zero-order valence-corrected chi connectivity index (χ0v) is 26.3. The fourth-order valence-electron chi connectivity index (χ4n) is 4.34. The molecule has 0 heterocycles. The number of amides is 2. The Bertz CT molecular complexity index is 1470. The van der Waals surface area contributed by atoms with Gasteiger partial charge in [-0.3, -0.25) is 13.9 Å². The van der Waals surface area contributed by atoms with Crippen molar-refractivity contribution in [1.82, 2.24) is 10.2 Å². The standard InChI is InChI=1S/C30H34Cl3N3O4S/c1-4-6-16-34-30(38)27(5-2)35(19-22-13-15-23(31)17-26(22)33)29(37)20-36(28-18-24(32)14-12-21(28)3)41(39,40)25-10-8-7-9-11-25/h7-15,17-18,27H,4-6,16,19-20H2,1-3H3,(H,34,38)/t27-/m1/s1. The van der Waals surface area contributed by atoms with Crippen LogP contribution in [-0.4, -0.2) is 44.3 Å². The molecule has 220 valence electrons. The number of aryl methyl sites for hydroxylation is 1. The first kappa shape index (κ1) is 32.7. The predicted octanol–water partition coefficient (Wildman–Crippen LogP) is 6.87. The number of hydrogen-bond donors (Lipinski definition) is 1. The summed E-state index contributed by atoms with van der Waals surface area (Å²) in [6.07, 6.45) is 1.98. The van der Waals surface area contributed by atoms with Crippen LogP contribution in [0.15, 0.2) is 71.6 Å². The lowest BCUT2D eigenvalue weighted by atomic mass is 10.1. The zero-order chi connectivity index (χ0) is 30.2. The van der Waals surface area contributed by atoms with Gasteiger partial charge in [-0.25, -0.2) is 8.42 Å². The first-order chi connectivity index (χ1) is 19.5. The molecule has 0 radical (unpaired) electrons. The van der Waals surface area contributed by atoms with E-state index in [1.165, 1.54) is 23.1 Å². The van der Waals surface area contributed by atoms with Gasteiger partial charge in [-0.05, 0) is 67.3 Å². The number of rotatable bonds is 13. The summed E-state index contributed by atoms with van der Waals surface area (Å²) in [5, 5.41) is 3.98. The number of anilines is 1. The van der Waals surface area contributed by atoms with Gasteiger partial charge in [0.05, 0.1) is 10.6 Å². The van der Waals surface area contributed by atoms with Gasteiger partial charge in [-0.2, -0.15) is 0 Å². The van der Waals surface area contributed by atoms with Crippen LogP contribution in [0, 0.1) is 6.92 Å². The van der Waals surface area contributed by atoms with E-state index in [0.29, 0.717) is 39.2 Å². The molecule has 0 saturated heterocycles. The number of nitrogens with one attached hydrogen (secondary N) is 1. The Morgan fingerprint density at radius 3 is 2.22 bits per heavy atom. The van der Waals surface area contributed by atoms with E-state index < -0.39 is 28.5 Å². The second-order valence-electron chi connectivity index (χ2n) is 9.58. The van der Waals surface area contributed by atoms with Crippen molar-refractivity contribution in [3.05, 3.63) is 92.9 Å². The maximum Gasteiger partial charge on any atom is 0.264 e. The molecule has 0 unspecified atom stereocenters. The van der Waals surface area contributed by atoms with Crippen LogP contribution in [0.3, 0.4) is 0 Å². The molecule has 0 aliphatic carbocycles. The van der Waals surface area contributed by atoms with E-state index in [-0.39, 0.29) is 23.0 Å². The van der Waals surface area contributed by atoms with Crippen LogP contribution in [0.25, 0.3) is 0 Å². The summed E-state index contributed by atoms with van der Waals surface area (Å²) in [6.45, 7) is 5.43. The third-order valence-electron chi connectivity index (χ3n) is 6.62. The van der Waals surface area contributed by atoms with Crippen LogP contribution in [-0.2, 0) is 26.2 Å².